The van der Waals surface area contributed by atoms with Crippen molar-refractivity contribution in [1.82, 2.24) is 9.97 Å². The van der Waals surface area contributed by atoms with Gasteiger partial charge in [-0.25, -0.2) is 4.98 Å². The van der Waals surface area contributed by atoms with Gasteiger partial charge in [0.05, 0.1) is 17.9 Å². The molecule has 1 fully saturated rings. The summed E-state index contributed by atoms with van der Waals surface area (Å²) in [6.07, 6.45) is 0. The fraction of sp³-hybridized carbons (Fsp3) is 0.400. The highest BCUT2D eigenvalue weighted by Gasteiger charge is 2.15. The van der Waals surface area contributed by atoms with Crippen LogP contribution in [0.1, 0.15) is 0 Å². The first-order valence-corrected chi connectivity index (χ1v) is 6.28. The Morgan fingerprint density at radius 2 is 2.06 bits per heavy atom. The van der Waals surface area contributed by atoms with Crippen LogP contribution in [0.3, 0.4) is 0 Å². The van der Waals surface area contributed by atoms with E-state index in [1.165, 1.54) is 0 Å². The molecule has 0 atom stereocenters. The SMILES string of the molecule is Clc1ccc2sc(N3CCOCC3)nc2n1. The van der Waals surface area contributed by atoms with Gasteiger partial charge >= 0.3 is 0 Å². The summed E-state index contributed by atoms with van der Waals surface area (Å²) in [4.78, 5) is 10.9. The van der Waals surface area contributed by atoms with Crippen molar-refractivity contribution in [1.29, 1.82) is 0 Å². The van der Waals surface area contributed by atoms with Crippen LogP contribution in [-0.4, -0.2) is 36.3 Å². The molecule has 84 valence electrons. The minimum Gasteiger partial charge on any atom is -0.378 e. The monoisotopic (exact) mass is 255 g/mol. The Hall–Kier alpha value is -0.910. The minimum absolute atomic E-state index is 0.492. The third-order valence-electron chi connectivity index (χ3n) is 2.49. The van der Waals surface area contributed by atoms with E-state index in [-0.39, 0.29) is 0 Å². The number of pyridine rings is 1. The van der Waals surface area contributed by atoms with Crippen LogP contribution in [-0.2, 0) is 4.74 Å². The molecule has 4 nitrogen and oxygen atoms in total. The van der Waals surface area contributed by atoms with Crippen molar-refractivity contribution in [2.24, 2.45) is 0 Å². The fourth-order valence-corrected chi connectivity index (χ4v) is 2.78. The van der Waals surface area contributed by atoms with E-state index in [2.05, 4.69) is 14.9 Å². The van der Waals surface area contributed by atoms with Gasteiger partial charge < -0.3 is 9.64 Å². The molecule has 3 rings (SSSR count). The van der Waals surface area contributed by atoms with Gasteiger partial charge in [0.25, 0.3) is 0 Å². The molecule has 1 saturated heterocycles. The predicted octanol–water partition coefficient (Wildman–Crippen LogP) is 2.18. The summed E-state index contributed by atoms with van der Waals surface area (Å²) >= 11 is 7.48. The number of hydrogen-bond donors (Lipinski definition) is 0. The summed E-state index contributed by atoms with van der Waals surface area (Å²) in [7, 11) is 0. The first-order valence-electron chi connectivity index (χ1n) is 5.09. The average Bonchev–Trinajstić information content (AvgIpc) is 2.73. The maximum atomic E-state index is 5.83. The number of aromatic nitrogens is 2. The Morgan fingerprint density at radius 1 is 1.25 bits per heavy atom. The first-order chi connectivity index (χ1) is 7.83. The van der Waals surface area contributed by atoms with Crippen LogP contribution in [0, 0.1) is 0 Å². The number of rotatable bonds is 1. The average molecular weight is 256 g/mol. The Balaban J connectivity index is 1.97. The van der Waals surface area contributed by atoms with E-state index >= 15 is 0 Å². The predicted molar refractivity (Wildman–Crippen MR) is 65.5 cm³/mol. The van der Waals surface area contributed by atoms with E-state index in [1.807, 2.05) is 6.07 Å². The second-order valence-electron chi connectivity index (χ2n) is 3.55. The van der Waals surface area contributed by atoms with Crippen LogP contribution in [0.2, 0.25) is 5.15 Å². The first kappa shape index (κ1) is 10.3. The molecule has 0 bridgehead atoms. The number of anilines is 1. The Kier molecular flexibility index (Phi) is 2.67. The third kappa shape index (κ3) is 1.86. The highest BCUT2D eigenvalue weighted by atomic mass is 35.5. The largest absolute Gasteiger partial charge is 0.378 e. The van der Waals surface area contributed by atoms with Gasteiger partial charge in [-0.05, 0) is 12.1 Å². The standard InChI is InChI=1S/C10H10ClN3OS/c11-8-2-1-7-9(12-8)13-10(16-7)14-3-5-15-6-4-14/h1-2H,3-6H2. The van der Waals surface area contributed by atoms with Crippen molar-refractivity contribution in [3.63, 3.8) is 0 Å². The third-order valence-corrected chi connectivity index (χ3v) is 3.77. The van der Waals surface area contributed by atoms with Gasteiger partial charge in [-0.1, -0.05) is 22.9 Å². The topological polar surface area (TPSA) is 38.2 Å². The van der Waals surface area contributed by atoms with Gasteiger partial charge in [-0.2, -0.15) is 4.98 Å². The van der Waals surface area contributed by atoms with Gasteiger partial charge in [0.15, 0.2) is 10.8 Å². The maximum Gasteiger partial charge on any atom is 0.188 e. The zero-order chi connectivity index (χ0) is 11.0. The number of halogens is 1. The van der Waals surface area contributed by atoms with Crippen molar-refractivity contribution in [2.45, 2.75) is 0 Å². The van der Waals surface area contributed by atoms with Crippen LogP contribution < -0.4 is 4.90 Å². The molecule has 1 aliphatic heterocycles. The van der Waals surface area contributed by atoms with E-state index < -0.39 is 0 Å². The molecule has 0 saturated carbocycles. The number of hydrogen-bond acceptors (Lipinski definition) is 5. The van der Waals surface area contributed by atoms with Crippen molar-refractivity contribution >= 4 is 38.4 Å². The lowest BCUT2D eigenvalue weighted by Crippen LogP contribution is -2.36. The lowest BCUT2D eigenvalue weighted by Gasteiger charge is -2.25. The Morgan fingerprint density at radius 3 is 2.88 bits per heavy atom. The molecule has 0 spiro atoms. The number of fused-ring (bicyclic) bond motifs is 1. The second kappa shape index (κ2) is 4.16. The summed E-state index contributed by atoms with van der Waals surface area (Å²) in [5, 5.41) is 1.50. The molecule has 0 aliphatic carbocycles. The number of morpholine rings is 1. The molecular formula is C10H10ClN3OS. The van der Waals surface area contributed by atoms with Gasteiger partial charge in [-0.15, -0.1) is 0 Å². The molecule has 0 amide bonds. The molecule has 0 radical (unpaired) electrons. The van der Waals surface area contributed by atoms with Crippen LogP contribution in [0.15, 0.2) is 12.1 Å². The maximum absolute atomic E-state index is 5.83. The molecule has 16 heavy (non-hydrogen) atoms. The summed E-state index contributed by atoms with van der Waals surface area (Å²) < 4.78 is 6.39. The summed E-state index contributed by atoms with van der Waals surface area (Å²) in [5.74, 6) is 0. The van der Waals surface area contributed by atoms with Crippen molar-refractivity contribution in [2.75, 3.05) is 31.2 Å². The second-order valence-corrected chi connectivity index (χ2v) is 4.95. The van der Waals surface area contributed by atoms with Gasteiger partial charge in [0.2, 0.25) is 0 Å². The van der Waals surface area contributed by atoms with E-state index in [0.29, 0.717) is 5.15 Å². The molecule has 2 aromatic rings. The Labute approximate surface area is 102 Å². The van der Waals surface area contributed by atoms with Crippen LogP contribution >= 0.6 is 22.9 Å². The van der Waals surface area contributed by atoms with Gasteiger partial charge in [0.1, 0.15) is 5.15 Å². The molecular weight excluding hydrogens is 246 g/mol. The summed E-state index contributed by atoms with van der Waals surface area (Å²) in [6, 6.07) is 3.76. The van der Waals surface area contributed by atoms with E-state index in [0.717, 1.165) is 41.8 Å². The fourth-order valence-electron chi connectivity index (χ4n) is 1.67. The molecule has 2 aromatic heterocycles. The highest BCUT2D eigenvalue weighted by molar-refractivity contribution is 7.22. The van der Waals surface area contributed by atoms with Crippen molar-refractivity contribution in [3.05, 3.63) is 17.3 Å². The highest BCUT2D eigenvalue weighted by Crippen LogP contribution is 2.28. The van der Waals surface area contributed by atoms with Crippen molar-refractivity contribution < 1.29 is 4.74 Å². The van der Waals surface area contributed by atoms with Crippen LogP contribution in [0.5, 0.6) is 0 Å². The van der Waals surface area contributed by atoms with Crippen molar-refractivity contribution in [3.8, 4) is 0 Å². The van der Waals surface area contributed by atoms with E-state index in [1.54, 1.807) is 17.4 Å². The Bertz CT molecular complexity index is 510. The number of nitrogens with zero attached hydrogens (tertiary/aromatic N) is 3. The molecule has 0 unspecified atom stereocenters. The molecule has 6 heteroatoms. The minimum atomic E-state index is 0.492. The summed E-state index contributed by atoms with van der Waals surface area (Å²) in [6.45, 7) is 3.33. The summed E-state index contributed by atoms with van der Waals surface area (Å²) in [5.41, 5.74) is 0.735. The van der Waals surface area contributed by atoms with E-state index in [9.17, 15) is 0 Å². The molecule has 0 aromatic carbocycles. The zero-order valence-electron chi connectivity index (χ0n) is 8.52. The van der Waals surface area contributed by atoms with Gasteiger partial charge in [0, 0.05) is 13.1 Å². The number of thiazole rings is 1. The van der Waals surface area contributed by atoms with Crippen LogP contribution in [0.25, 0.3) is 10.3 Å². The smallest absolute Gasteiger partial charge is 0.188 e. The normalized spacial score (nSPS) is 16.9. The van der Waals surface area contributed by atoms with E-state index in [4.69, 9.17) is 16.3 Å². The molecule has 3 heterocycles. The lowest BCUT2D eigenvalue weighted by atomic mass is 10.4. The molecule has 1 aliphatic rings. The zero-order valence-corrected chi connectivity index (χ0v) is 10.1. The van der Waals surface area contributed by atoms with Crippen LogP contribution in [0.4, 0.5) is 5.13 Å². The molecule has 0 N–H and O–H groups in total. The van der Waals surface area contributed by atoms with Gasteiger partial charge in [-0.3, -0.25) is 0 Å². The quantitative estimate of drug-likeness (QED) is 0.732. The lowest BCUT2D eigenvalue weighted by molar-refractivity contribution is 0.122. The number of ether oxygens (including phenoxy) is 1.